The van der Waals surface area contributed by atoms with Gasteiger partial charge in [-0.1, -0.05) is 30.3 Å². The van der Waals surface area contributed by atoms with E-state index in [9.17, 15) is 18.8 Å². The number of thioether (sulfide) groups is 1. The van der Waals surface area contributed by atoms with Crippen LogP contribution >= 0.6 is 11.8 Å². The molecule has 4 rings (SSSR count). The van der Waals surface area contributed by atoms with Gasteiger partial charge in [-0.15, -0.1) is 5.10 Å². The van der Waals surface area contributed by atoms with E-state index in [1.54, 1.807) is 0 Å². The number of halogens is 1. The van der Waals surface area contributed by atoms with E-state index in [1.165, 1.54) is 36.9 Å². The predicted molar refractivity (Wildman–Crippen MR) is 107 cm³/mol. The lowest BCUT2D eigenvalue weighted by atomic mass is 10.1. The van der Waals surface area contributed by atoms with Gasteiger partial charge in [0.15, 0.2) is 5.17 Å². The fraction of sp³-hybridized carbons (Fsp3) is 0.200. The first-order chi connectivity index (χ1) is 13.8. The van der Waals surface area contributed by atoms with Gasteiger partial charge in [-0.25, -0.2) is 4.39 Å². The first-order valence-electron chi connectivity index (χ1n) is 8.85. The molecule has 1 N–H and O–H groups in total. The number of nitrogens with zero attached hydrogens (tertiary/aromatic N) is 3. The Morgan fingerprint density at radius 3 is 2.55 bits per heavy atom. The summed E-state index contributed by atoms with van der Waals surface area (Å²) in [5, 5.41) is 7.80. The molecule has 0 bridgehead atoms. The molecule has 1 spiro atoms. The third-order valence-electron chi connectivity index (χ3n) is 4.65. The van der Waals surface area contributed by atoms with E-state index in [2.05, 4.69) is 10.4 Å². The summed E-state index contributed by atoms with van der Waals surface area (Å²) < 4.78 is 14.2. The Kier molecular flexibility index (Phi) is 4.62. The van der Waals surface area contributed by atoms with Gasteiger partial charge in [0.2, 0.25) is 16.7 Å². The summed E-state index contributed by atoms with van der Waals surface area (Å²) in [6.07, 6.45) is 0. The highest BCUT2D eigenvalue weighted by Gasteiger charge is 2.61. The second-order valence-corrected chi connectivity index (χ2v) is 7.88. The molecule has 7 nitrogen and oxygen atoms in total. The molecule has 148 valence electrons. The molecule has 9 heteroatoms. The maximum atomic E-state index is 14.2. The molecule has 0 radical (unpaired) electrons. The average Bonchev–Trinajstić information content (AvgIpc) is 3.15. The number of hydrogen-bond donors (Lipinski definition) is 1. The molecule has 2 aromatic carbocycles. The van der Waals surface area contributed by atoms with Crippen LogP contribution in [0.4, 0.5) is 10.1 Å². The largest absolute Gasteiger partial charge is 0.304 e. The van der Waals surface area contributed by atoms with Crippen LogP contribution in [0.25, 0.3) is 0 Å². The van der Waals surface area contributed by atoms with E-state index in [1.807, 2.05) is 30.3 Å². The lowest BCUT2D eigenvalue weighted by Gasteiger charge is -2.29. The molecule has 3 amide bonds. The van der Waals surface area contributed by atoms with Crippen LogP contribution in [0, 0.1) is 5.82 Å². The van der Waals surface area contributed by atoms with E-state index in [-0.39, 0.29) is 17.6 Å². The quantitative estimate of drug-likeness (QED) is 0.822. The van der Waals surface area contributed by atoms with Gasteiger partial charge in [0.25, 0.3) is 5.91 Å². The summed E-state index contributed by atoms with van der Waals surface area (Å²) in [6.45, 7) is 2.83. The van der Waals surface area contributed by atoms with Gasteiger partial charge < -0.3 is 10.2 Å². The second kappa shape index (κ2) is 7.00. The van der Waals surface area contributed by atoms with E-state index >= 15 is 0 Å². The standard InChI is InChI=1S/C20H17FN4O3S/c1-12(26)22-19-23-25(13(2)27)20(29-19)16-10-15(21)8-9-17(16)24(18(20)28)11-14-6-4-3-5-7-14/h3-10H,11H2,1-2H3,(H,22,23,26)/t20-/m0/s1. The lowest BCUT2D eigenvalue weighted by Crippen LogP contribution is -2.48. The van der Waals surface area contributed by atoms with Gasteiger partial charge in [-0.2, -0.15) is 5.01 Å². The normalized spacial score (nSPS) is 20.1. The maximum absolute atomic E-state index is 14.2. The number of anilines is 1. The van der Waals surface area contributed by atoms with Crippen molar-refractivity contribution < 1.29 is 18.8 Å². The first kappa shape index (κ1) is 19.1. The van der Waals surface area contributed by atoms with Crippen molar-refractivity contribution in [2.75, 3.05) is 4.90 Å². The number of nitrogens with one attached hydrogen (secondary N) is 1. The fourth-order valence-corrected chi connectivity index (χ4v) is 4.83. The number of rotatable bonds is 2. The topological polar surface area (TPSA) is 82.1 Å². The van der Waals surface area contributed by atoms with E-state index in [0.717, 1.165) is 22.3 Å². The summed E-state index contributed by atoms with van der Waals surface area (Å²) in [5.41, 5.74) is 1.70. The molecular formula is C20H17FN4O3S. The van der Waals surface area contributed by atoms with E-state index in [0.29, 0.717) is 11.3 Å². The van der Waals surface area contributed by atoms with Crippen LogP contribution in [0.1, 0.15) is 25.0 Å². The van der Waals surface area contributed by atoms with Gasteiger partial charge in [-0.3, -0.25) is 14.4 Å². The second-order valence-electron chi connectivity index (χ2n) is 6.70. The van der Waals surface area contributed by atoms with Crippen LogP contribution in [0.2, 0.25) is 0 Å². The van der Waals surface area contributed by atoms with Gasteiger partial charge in [0, 0.05) is 19.4 Å². The Bertz CT molecular complexity index is 1060. The number of fused-ring (bicyclic) bond motifs is 2. The summed E-state index contributed by atoms with van der Waals surface area (Å²) in [6, 6.07) is 13.4. The molecule has 2 aliphatic heterocycles. The minimum absolute atomic E-state index is 0.109. The van der Waals surface area contributed by atoms with Gasteiger partial charge in [0.1, 0.15) is 5.82 Å². The molecular weight excluding hydrogens is 395 g/mol. The maximum Gasteiger partial charge on any atom is 0.271 e. The zero-order valence-electron chi connectivity index (χ0n) is 15.7. The van der Waals surface area contributed by atoms with Crippen molar-refractivity contribution in [1.29, 1.82) is 0 Å². The van der Waals surface area contributed by atoms with E-state index < -0.39 is 22.5 Å². The minimum Gasteiger partial charge on any atom is -0.304 e. The zero-order valence-corrected chi connectivity index (χ0v) is 16.5. The van der Waals surface area contributed by atoms with Crippen LogP contribution in [0.3, 0.4) is 0 Å². The number of amidine groups is 1. The average molecular weight is 412 g/mol. The van der Waals surface area contributed by atoms with Crippen LogP contribution in [-0.2, 0) is 25.8 Å². The fourth-order valence-electron chi connectivity index (χ4n) is 3.51. The molecule has 0 saturated heterocycles. The zero-order chi connectivity index (χ0) is 20.8. The molecule has 29 heavy (non-hydrogen) atoms. The van der Waals surface area contributed by atoms with Crippen LogP contribution < -0.4 is 10.2 Å². The highest BCUT2D eigenvalue weighted by Crippen LogP contribution is 2.54. The molecule has 0 unspecified atom stereocenters. The molecule has 0 aliphatic carbocycles. The molecule has 2 aliphatic rings. The SMILES string of the molecule is CC(=O)NC1=NN(C(C)=O)[C@@]2(S1)C(=O)N(Cc1ccccc1)c1ccc(F)cc12. The third kappa shape index (κ3) is 3.07. The summed E-state index contributed by atoms with van der Waals surface area (Å²) in [5.74, 6) is -1.84. The van der Waals surface area contributed by atoms with Crippen LogP contribution in [0.15, 0.2) is 53.6 Å². The number of benzene rings is 2. The van der Waals surface area contributed by atoms with Crippen molar-refractivity contribution >= 4 is 40.3 Å². The summed E-state index contributed by atoms with van der Waals surface area (Å²) in [4.78, 5) is 37.4. The number of carbonyl (C=O) groups excluding carboxylic acids is 3. The molecule has 1 atom stereocenters. The monoisotopic (exact) mass is 412 g/mol. The van der Waals surface area contributed by atoms with E-state index in [4.69, 9.17) is 0 Å². The van der Waals surface area contributed by atoms with Crippen molar-refractivity contribution in [2.45, 2.75) is 25.3 Å². The number of amides is 3. The number of hydrogen-bond acceptors (Lipinski definition) is 5. The van der Waals surface area contributed by atoms with Crippen molar-refractivity contribution in [3.05, 3.63) is 65.5 Å². The molecule has 0 aromatic heterocycles. The summed E-state index contributed by atoms with van der Waals surface area (Å²) in [7, 11) is 0. The highest BCUT2D eigenvalue weighted by molar-refractivity contribution is 8.15. The van der Waals surface area contributed by atoms with Gasteiger partial charge >= 0.3 is 0 Å². The van der Waals surface area contributed by atoms with Crippen LogP contribution in [-0.4, -0.2) is 27.9 Å². The van der Waals surface area contributed by atoms with Gasteiger partial charge in [-0.05, 0) is 35.5 Å². The number of carbonyl (C=O) groups is 3. The Hall–Kier alpha value is -3.20. The minimum atomic E-state index is -1.60. The molecule has 0 fully saturated rings. The lowest BCUT2D eigenvalue weighted by molar-refractivity contribution is -0.139. The molecule has 2 aromatic rings. The Labute approximate surface area is 170 Å². The van der Waals surface area contributed by atoms with Crippen LogP contribution in [0.5, 0.6) is 0 Å². The Balaban J connectivity index is 1.83. The Morgan fingerprint density at radius 2 is 1.90 bits per heavy atom. The Morgan fingerprint density at radius 1 is 1.17 bits per heavy atom. The highest BCUT2D eigenvalue weighted by atomic mass is 32.2. The van der Waals surface area contributed by atoms with Crippen molar-refractivity contribution in [3.63, 3.8) is 0 Å². The van der Waals surface area contributed by atoms with Crippen molar-refractivity contribution in [1.82, 2.24) is 10.3 Å². The predicted octanol–water partition coefficient (Wildman–Crippen LogP) is 2.53. The summed E-state index contributed by atoms with van der Waals surface area (Å²) >= 11 is 0.924. The molecule has 0 saturated carbocycles. The van der Waals surface area contributed by atoms with Gasteiger partial charge in [0.05, 0.1) is 12.2 Å². The number of hydrazone groups is 1. The van der Waals surface area contributed by atoms with Crippen molar-refractivity contribution in [2.24, 2.45) is 5.10 Å². The smallest absolute Gasteiger partial charge is 0.271 e. The third-order valence-corrected chi connectivity index (χ3v) is 5.89. The first-order valence-corrected chi connectivity index (χ1v) is 9.66. The molecule has 2 heterocycles. The van der Waals surface area contributed by atoms with Crippen molar-refractivity contribution in [3.8, 4) is 0 Å².